The van der Waals surface area contributed by atoms with Gasteiger partial charge in [0.15, 0.2) is 0 Å². The van der Waals surface area contributed by atoms with Gasteiger partial charge < -0.3 is 9.47 Å². The van der Waals surface area contributed by atoms with Crippen LogP contribution in [0, 0.1) is 0 Å². The fourth-order valence-electron chi connectivity index (χ4n) is 0.615. The lowest BCUT2D eigenvalue weighted by atomic mass is 10.5. The third-order valence-corrected chi connectivity index (χ3v) is 1.31. The van der Waals surface area contributed by atoms with Crippen molar-refractivity contribution in [2.75, 3.05) is 19.8 Å². The van der Waals surface area contributed by atoms with Crippen molar-refractivity contribution in [3.8, 4) is 0 Å². The molecule has 0 bridgehead atoms. The summed E-state index contributed by atoms with van der Waals surface area (Å²) < 4.78 is 9.89. The number of rotatable bonds is 3. The molecule has 2 saturated heterocycles. The van der Waals surface area contributed by atoms with E-state index < -0.39 is 0 Å². The molecule has 0 radical (unpaired) electrons. The maximum absolute atomic E-state index is 4.97. The summed E-state index contributed by atoms with van der Waals surface area (Å²) in [5.41, 5.74) is 0. The molecule has 2 aliphatic heterocycles. The van der Waals surface area contributed by atoms with Crippen LogP contribution >= 0.6 is 0 Å². The zero-order valence-corrected chi connectivity index (χ0v) is 4.59. The number of nitrogens with one attached hydrogen (secondary N) is 1. The smallest absolute Gasteiger partial charge is 0.132 e. The molecule has 1 N–H and O–H groups in total. The van der Waals surface area contributed by atoms with Crippen molar-refractivity contribution in [2.45, 2.75) is 12.3 Å². The van der Waals surface area contributed by atoms with Crippen LogP contribution in [0.1, 0.15) is 0 Å². The topological polar surface area (TPSA) is 37.1 Å². The Morgan fingerprint density at radius 3 is 2.62 bits per heavy atom. The van der Waals surface area contributed by atoms with Gasteiger partial charge in [0.1, 0.15) is 6.23 Å². The standard InChI is InChI=1S/C5H9NO2/c1(4-2-7-4)6-5-3-8-5/h4-6H,1-3H2. The maximum atomic E-state index is 4.97. The van der Waals surface area contributed by atoms with Gasteiger partial charge in [-0.25, -0.2) is 0 Å². The summed E-state index contributed by atoms with van der Waals surface area (Å²) in [6.45, 7) is 2.77. The highest BCUT2D eigenvalue weighted by atomic mass is 16.6. The Morgan fingerprint density at radius 2 is 2.12 bits per heavy atom. The summed E-state index contributed by atoms with van der Waals surface area (Å²) in [7, 11) is 0. The van der Waals surface area contributed by atoms with Crippen LogP contribution in [-0.4, -0.2) is 32.1 Å². The highest BCUT2D eigenvalue weighted by Crippen LogP contribution is 2.09. The van der Waals surface area contributed by atoms with E-state index in [-0.39, 0.29) is 0 Å². The van der Waals surface area contributed by atoms with Gasteiger partial charge in [0.2, 0.25) is 0 Å². The molecular formula is C5H9NO2. The van der Waals surface area contributed by atoms with Gasteiger partial charge in [0.25, 0.3) is 0 Å². The molecule has 2 heterocycles. The Balaban J connectivity index is 1.56. The highest BCUT2D eigenvalue weighted by Gasteiger charge is 2.27. The zero-order chi connectivity index (χ0) is 5.40. The van der Waals surface area contributed by atoms with Gasteiger partial charge in [-0.3, -0.25) is 5.32 Å². The molecule has 46 valence electrons. The van der Waals surface area contributed by atoms with Gasteiger partial charge in [-0.15, -0.1) is 0 Å². The molecular weight excluding hydrogens is 106 g/mol. The average Bonchev–Trinajstić information content (AvgIpc) is 2.60. The molecule has 8 heavy (non-hydrogen) atoms. The number of hydrogen-bond donors (Lipinski definition) is 1. The van der Waals surface area contributed by atoms with E-state index in [9.17, 15) is 0 Å². The van der Waals surface area contributed by atoms with E-state index in [0.717, 1.165) is 19.8 Å². The molecule has 2 rings (SSSR count). The maximum Gasteiger partial charge on any atom is 0.132 e. The van der Waals surface area contributed by atoms with Gasteiger partial charge in [-0.05, 0) is 0 Å². The first-order valence-corrected chi connectivity index (χ1v) is 2.92. The predicted molar refractivity (Wildman–Crippen MR) is 27.5 cm³/mol. The van der Waals surface area contributed by atoms with Crippen LogP contribution in [0.5, 0.6) is 0 Å². The second-order valence-electron chi connectivity index (χ2n) is 2.19. The van der Waals surface area contributed by atoms with Gasteiger partial charge in [-0.1, -0.05) is 0 Å². The number of epoxide rings is 2. The molecule has 2 unspecified atom stereocenters. The molecule has 3 heteroatoms. The minimum Gasteiger partial charge on any atom is -0.372 e. The van der Waals surface area contributed by atoms with Crippen molar-refractivity contribution in [3.63, 3.8) is 0 Å². The fourth-order valence-corrected chi connectivity index (χ4v) is 0.615. The minimum atomic E-state index is 0.346. The molecule has 0 aromatic heterocycles. The largest absolute Gasteiger partial charge is 0.372 e. The van der Waals surface area contributed by atoms with E-state index in [0.29, 0.717) is 12.3 Å². The Kier molecular flexibility index (Phi) is 0.997. The SMILES string of the molecule is C(NC1CO1)C1CO1. The normalized spacial score (nSPS) is 42.0. The van der Waals surface area contributed by atoms with Crippen molar-refractivity contribution in [3.05, 3.63) is 0 Å². The molecule has 0 spiro atoms. The molecule has 2 fully saturated rings. The predicted octanol–water partition coefficient (Wildman–Crippen LogP) is -0.669. The summed E-state index contributed by atoms with van der Waals surface area (Å²) >= 11 is 0. The van der Waals surface area contributed by atoms with Gasteiger partial charge in [-0.2, -0.15) is 0 Å². The second kappa shape index (κ2) is 1.69. The summed E-state index contributed by atoms with van der Waals surface area (Å²) in [6.07, 6.45) is 0.832. The first-order valence-electron chi connectivity index (χ1n) is 2.92. The van der Waals surface area contributed by atoms with Crippen molar-refractivity contribution in [2.24, 2.45) is 0 Å². The third-order valence-electron chi connectivity index (χ3n) is 1.31. The molecule has 2 aliphatic rings. The van der Waals surface area contributed by atoms with Gasteiger partial charge >= 0.3 is 0 Å². The van der Waals surface area contributed by atoms with Gasteiger partial charge in [0, 0.05) is 6.54 Å². The van der Waals surface area contributed by atoms with E-state index >= 15 is 0 Å². The fraction of sp³-hybridized carbons (Fsp3) is 1.00. The van der Waals surface area contributed by atoms with Crippen LogP contribution < -0.4 is 5.32 Å². The first-order chi connectivity index (χ1) is 3.95. The lowest BCUT2D eigenvalue weighted by Crippen LogP contribution is -2.22. The number of hydrogen-bond acceptors (Lipinski definition) is 3. The van der Waals surface area contributed by atoms with E-state index in [1.54, 1.807) is 0 Å². The van der Waals surface area contributed by atoms with Crippen LogP contribution in [-0.2, 0) is 9.47 Å². The highest BCUT2D eigenvalue weighted by molar-refractivity contribution is 4.75. The molecule has 3 nitrogen and oxygen atoms in total. The lowest BCUT2D eigenvalue weighted by Gasteiger charge is -1.92. The Morgan fingerprint density at radius 1 is 1.38 bits per heavy atom. The van der Waals surface area contributed by atoms with E-state index in [1.165, 1.54) is 0 Å². The van der Waals surface area contributed by atoms with E-state index in [4.69, 9.17) is 9.47 Å². The number of ether oxygens (including phenoxy) is 2. The Hall–Kier alpha value is -0.120. The zero-order valence-electron chi connectivity index (χ0n) is 4.59. The van der Waals surface area contributed by atoms with Crippen molar-refractivity contribution >= 4 is 0 Å². The first kappa shape index (κ1) is 4.73. The monoisotopic (exact) mass is 115 g/mol. The summed E-state index contributed by atoms with van der Waals surface area (Å²) in [5.74, 6) is 0. The third kappa shape index (κ3) is 1.18. The quantitative estimate of drug-likeness (QED) is 0.496. The van der Waals surface area contributed by atoms with Crippen LogP contribution in [0.15, 0.2) is 0 Å². The van der Waals surface area contributed by atoms with Crippen molar-refractivity contribution in [1.82, 2.24) is 5.32 Å². The van der Waals surface area contributed by atoms with Crippen LogP contribution in [0.2, 0.25) is 0 Å². The Bertz CT molecular complexity index is 76.4. The Labute approximate surface area is 48.0 Å². The van der Waals surface area contributed by atoms with Crippen LogP contribution in [0.4, 0.5) is 0 Å². The van der Waals surface area contributed by atoms with E-state index in [1.807, 2.05) is 0 Å². The molecule has 0 aliphatic carbocycles. The van der Waals surface area contributed by atoms with Crippen molar-refractivity contribution < 1.29 is 9.47 Å². The average molecular weight is 115 g/mol. The summed E-state index contributed by atoms with van der Waals surface area (Å²) in [5, 5.41) is 3.17. The van der Waals surface area contributed by atoms with Crippen LogP contribution in [0.3, 0.4) is 0 Å². The van der Waals surface area contributed by atoms with Gasteiger partial charge in [0.05, 0.1) is 19.3 Å². The summed E-state index contributed by atoms with van der Waals surface area (Å²) in [4.78, 5) is 0. The minimum absolute atomic E-state index is 0.346. The van der Waals surface area contributed by atoms with Crippen LogP contribution in [0.25, 0.3) is 0 Å². The van der Waals surface area contributed by atoms with Crippen molar-refractivity contribution in [1.29, 1.82) is 0 Å². The molecule has 0 saturated carbocycles. The molecule has 0 amide bonds. The lowest BCUT2D eigenvalue weighted by molar-refractivity contribution is 0.343. The molecule has 0 aromatic rings. The second-order valence-corrected chi connectivity index (χ2v) is 2.19. The molecule has 2 atom stereocenters. The van der Waals surface area contributed by atoms with E-state index in [2.05, 4.69) is 5.32 Å². The summed E-state index contributed by atoms with van der Waals surface area (Å²) in [6, 6.07) is 0. The molecule has 0 aromatic carbocycles.